The highest BCUT2D eigenvalue weighted by atomic mass is 19.1. The van der Waals surface area contributed by atoms with Crippen LogP contribution < -0.4 is 0 Å². The molecule has 1 aliphatic rings. The van der Waals surface area contributed by atoms with E-state index in [0.29, 0.717) is 6.54 Å². The number of hydrogen-bond donors (Lipinski definition) is 0. The van der Waals surface area contributed by atoms with Crippen LogP contribution in [0.25, 0.3) is 0 Å². The zero-order chi connectivity index (χ0) is 9.84. The number of rotatable bonds is 0. The van der Waals surface area contributed by atoms with Gasteiger partial charge in [0.2, 0.25) is 0 Å². The van der Waals surface area contributed by atoms with Gasteiger partial charge in [-0.3, -0.25) is 0 Å². The molecule has 0 bridgehead atoms. The normalized spacial score (nSPS) is 27.9. The van der Waals surface area contributed by atoms with Gasteiger partial charge in [-0.15, -0.1) is 0 Å². The zero-order valence-corrected chi connectivity index (χ0v) is 7.36. The Hall–Kier alpha value is -1.31. The lowest BCUT2D eigenvalue weighted by Gasteiger charge is -2.30. The number of nitrogens with zero attached hydrogens (tertiary/aromatic N) is 2. The van der Waals surface area contributed by atoms with Gasteiger partial charge in [0, 0.05) is 13.1 Å². The monoisotopic (exact) mass is 186 g/mol. The minimum atomic E-state index is -1.12. The molecule has 1 aliphatic heterocycles. The van der Waals surface area contributed by atoms with Crippen molar-refractivity contribution < 1.29 is 13.9 Å². The Kier molecular flexibility index (Phi) is 3.07. The molecule has 0 spiro atoms. The van der Waals surface area contributed by atoms with Gasteiger partial charge in [0.1, 0.15) is 6.17 Å². The summed E-state index contributed by atoms with van der Waals surface area (Å²) in [4.78, 5) is 12.4. The highest BCUT2D eigenvalue weighted by Crippen LogP contribution is 2.19. The summed E-state index contributed by atoms with van der Waals surface area (Å²) < 4.78 is 17.5. The third-order valence-corrected chi connectivity index (χ3v) is 2.13. The number of methoxy groups -OCH3 is 1. The molecular weight excluding hydrogens is 175 g/mol. The number of hydrogen-bond acceptors (Lipinski definition) is 3. The van der Waals surface area contributed by atoms with Crippen molar-refractivity contribution in [3.8, 4) is 6.07 Å². The second-order valence-corrected chi connectivity index (χ2v) is 2.96. The van der Waals surface area contributed by atoms with E-state index < -0.39 is 18.2 Å². The first-order chi connectivity index (χ1) is 6.19. The molecular formula is C8H11FN2O2. The van der Waals surface area contributed by atoms with Crippen LogP contribution >= 0.6 is 0 Å². The minimum absolute atomic E-state index is 0.129. The molecule has 0 radical (unpaired) electrons. The molecule has 1 rings (SSSR count). The van der Waals surface area contributed by atoms with E-state index in [9.17, 15) is 9.18 Å². The maximum atomic E-state index is 13.0. The van der Waals surface area contributed by atoms with E-state index in [1.54, 1.807) is 0 Å². The van der Waals surface area contributed by atoms with Crippen molar-refractivity contribution in [1.82, 2.24) is 4.90 Å². The largest absolute Gasteiger partial charge is 0.453 e. The smallest absolute Gasteiger partial charge is 0.409 e. The molecule has 0 aromatic heterocycles. The molecule has 1 fully saturated rings. The predicted molar refractivity (Wildman–Crippen MR) is 42.6 cm³/mol. The first-order valence-corrected chi connectivity index (χ1v) is 4.05. The Morgan fingerprint density at radius 1 is 1.77 bits per heavy atom. The molecule has 4 nitrogen and oxygen atoms in total. The molecule has 1 amide bonds. The van der Waals surface area contributed by atoms with Gasteiger partial charge < -0.3 is 9.64 Å². The SMILES string of the molecule is COC(=O)N1CC[C@@H](F)[C@H](C#N)C1. The summed E-state index contributed by atoms with van der Waals surface area (Å²) in [6, 6.07) is 1.84. The lowest BCUT2D eigenvalue weighted by Crippen LogP contribution is -2.44. The third-order valence-electron chi connectivity index (χ3n) is 2.13. The molecule has 1 heterocycles. The summed E-state index contributed by atoms with van der Waals surface area (Å²) in [7, 11) is 1.27. The number of carbonyl (C=O) groups excluding carboxylic acids is 1. The van der Waals surface area contributed by atoms with Crippen molar-refractivity contribution in [2.45, 2.75) is 12.6 Å². The first-order valence-electron chi connectivity index (χ1n) is 4.05. The number of halogens is 1. The quantitative estimate of drug-likeness (QED) is 0.565. The van der Waals surface area contributed by atoms with Crippen LogP contribution in [0, 0.1) is 17.2 Å². The van der Waals surface area contributed by atoms with Crippen LogP contribution in [0.5, 0.6) is 0 Å². The average molecular weight is 186 g/mol. The van der Waals surface area contributed by atoms with E-state index in [0.717, 1.165) is 0 Å². The van der Waals surface area contributed by atoms with E-state index in [1.165, 1.54) is 12.0 Å². The van der Waals surface area contributed by atoms with Gasteiger partial charge in [0.25, 0.3) is 0 Å². The van der Waals surface area contributed by atoms with Gasteiger partial charge in [-0.1, -0.05) is 0 Å². The number of nitriles is 1. The van der Waals surface area contributed by atoms with E-state index in [1.807, 2.05) is 6.07 Å². The highest BCUT2D eigenvalue weighted by molar-refractivity contribution is 5.67. The number of carbonyl (C=O) groups is 1. The van der Waals surface area contributed by atoms with E-state index in [-0.39, 0.29) is 13.0 Å². The molecule has 2 atom stereocenters. The molecule has 0 unspecified atom stereocenters. The first kappa shape index (κ1) is 9.78. The third kappa shape index (κ3) is 2.08. The van der Waals surface area contributed by atoms with Crippen LogP contribution in [0.1, 0.15) is 6.42 Å². The molecule has 0 aliphatic carbocycles. The fourth-order valence-corrected chi connectivity index (χ4v) is 1.34. The Morgan fingerprint density at radius 3 is 3.00 bits per heavy atom. The van der Waals surface area contributed by atoms with Crippen molar-refractivity contribution in [1.29, 1.82) is 5.26 Å². The van der Waals surface area contributed by atoms with Crippen molar-refractivity contribution in [2.24, 2.45) is 5.92 Å². The van der Waals surface area contributed by atoms with Gasteiger partial charge in [-0.2, -0.15) is 5.26 Å². The average Bonchev–Trinajstić information content (AvgIpc) is 2.17. The molecule has 0 aromatic rings. The summed E-state index contributed by atoms with van der Waals surface area (Å²) in [5.41, 5.74) is 0. The summed E-state index contributed by atoms with van der Waals surface area (Å²) >= 11 is 0. The van der Waals surface area contributed by atoms with Crippen LogP contribution in [0.4, 0.5) is 9.18 Å². The molecule has 72 valence electrons. The van der Waals surface area contributed by atoms with E-state index in [2.05, 4.69) is 4.74 Å². The molecule has 0 aromatic carbocycles. The fourth-order valence-electron chi connectivity index (χ4n) is 1.34. The van der Waals surface area contributed by atoms with Crippen molar-refractivity contribution in [3.05, 3.63) is 0 Å². The van der Waals surface area contributed by atoms with Gasteiger partial charge in [0.15, 0.2) is 0 Å². The van der Waals surface area contributed by atoms with Gasteiger partial charge in [0.05, 0.1) is 19.1 Å². The maximum Gasteiger partial charge on any atom is 0.409 e. The van der Waals surface area contributed by atoms with Crippen LogP contribution in [0.3, 0.4) is 0 Å². The van der Waals surface area contributed by atoms with Gasteiger partial charge in [-0.25, -0.2) is 9.18 Å². The Morgan fingerprint density at radius 2 is 2.46 bits per heavy atom. The zero-order valence-electron chi connectivity index (χ0n) is 7.36. The van der Waals surface area contributed by atoms with Crippen molar-refractivity contribution in [2.75, 3.05) is 20.2 Å². The number of likely N-dealkylation sites (tertiary alicyclic amines) is 1. The van der Waals surface area contributed by atoms with Crippen LogP contribution in [-0.2, 0) is 4.74 Å². The van der Waals surface area contributed by atoms with Crippen LogP contribution in [0.15, 0.2) is 0 Å². The second-order valence-electron chi connectivity index (χ2n) is 2.96. The fraction of sp³-hybridized carbons (Fsp3) is 0.750. The summed E-state index contributed by atoms with van der Waals surface area (Å²) in [6.45, 7) is 0.455. The Balaban J connectivity index is 2.55. The van der Waals surface area contributed by atoms with E-state index in [4.69, 9.17) is 5.26 Å². The predicted octanol–water partition coefficient (Wildman–Crippen LogP) is 0.936. The van der Waals surface area contributed by atoms with Gasteiger partial charge >= 0.3 is 6.09 Å². The summed E-state index contributed by atoms with van der Waals surface area (Å²) in [5, 5.41) is 8.56. The minimum Gasteiger partial charge on any atom is -0.453 e. The summed E-state index contributed by atoms with van der Waals surface area (Å²) in [6.07, 6.45) is -1.40. The standard InChI is InChI=1S/C8H11FN2O2/c1-13-8(12)11-3-2-7(9)6(4-10)5-11/h6-7H,2-3,5H2,1H3/t6-,7-/m1/s1. The van der Waals surface area contributed by atoms with Crippen LogP contribution in [0.2, 0.25) is 0 Å². The lowest BCUT2D eigenvalue weighted by molar-refractivity contribution is 0.0832. The number of amides is 1. The highest BCUT2D eigenvalue weighted by Gasteiger charge is 2.31. The number of ether oxygens (including phenoxy) is 1. The number of alkyl halides is 1. The molecule has 0 saturated carbocycles. The van der Waals surface area contributed by atoms with E-state index >= 15 is 0 Å². The van der Waals surface area contributed by atoms with Crippen LogP contribution in [-0.4, -0.2) is 37.4 Å². The number of piperidine rings is 1. The summed E-state index contributed by atoms with van der Waals surface area (Å²) in [5.74, 6) is -0.715. The lowest BCUT2D eigenvalue weighted by atomic mass is 9.98. The molecule has 0 N–H and O–H groups in total. The molecule has 1 saturated heterocycles. The molecule has 13 heavy (non-hydrogen) atoms. The maximum absolute atomic E-state index is 13.0. The Bertz CT molecular complexity index is 239. The topological polar surface area (TPSA) is 53.3 Å². The molecule has 5 heteroatoms. The van der Waals surface area contributed by atoms with Crippen molar-refractivity contribution in [3.63, 3.8) is 0 Å². The second kappa shape index (κ2) is 4.08. The van der Waals surface area contributed by atoms with Crippen molar-refractivity contribution >= 4 is 6.09 Å². The van der Waals surface area contributed by atoms with Gasteiger partial charge in [-0.05, 0) is 6.42 Å². The Labute approximate surface area is 75.9 Å².